The number of halogens is 2. The summed E-state index contributed by atoms with van der Waals surface area (Å²) < 4.78 is 31.2. The highest BCUT2D eigenvalue weighted by atomic mass is 19.2. The van der Waals surface area contributed by atoms with Gasteiger partial charge in [0.2, 0.25) is 0 Å². The van der Waals surface area contributed by atoms with Gasteiger partial charge in [-0.3, -0.25) is 0 Å². The van der Waals surface area contributed by atoms with E-state index in [1.54, 1.807) is 12.1 Å². The van der Waals surface area contributed by atoms with Crippen molar-refractivity contribution < 1.29 is 8.78 Å². The average molecular weight is 529 g/mol. The van der Waals surface area contributed by atoms with Crippen LogP contribution in [0.1, 0.15) is 103 Å². The first kappa shape index (κ1) is 29.6. The highest BCUT2D eigenvalue weighted by molar-refractivity contribution is 6.15. The summed E-state index contributed by atoms with van der Waals surface area (Å²) in [7, 11) is 2.17. The van der Waals surface area contributed by atoms with E-state index in [1.165, 1.54) is 36.8 Å². The van der Waals surface area contributed by atoms with Gasteiger partial charge in [0.25, 0.3) is 0 Å². The third-order valence-electron chi connectivity index (χ3n) is 9.90. The van der Waals surface area contributed by atoms with Gasteiger partial charge in [0.1, 0.15) is 7.85 Å². The summed E-state index contributed by atoms with van der Waals surface area (Å²) >= 11 is 0. The molecule has 1 aliphatic rings. The van der Waals surface area contributed by atoms with Crippen LogP contribution in [0, 0.1) is 29.4 Å². The Labute approximate surface area is 237 Å². The van der Waals surface area contributed by atoms with Gasteiger partial charge in [-0.05, 0) is 70.9 Å². The van der Waals surface area contributed by atoms with Crippen LogP contribution in [0.15, 0.2) is 60.7 Å². The Morgan fingerprint density at radius 1 is 0.667 bits per heavy atom. The van der Waals surface area contributed by atoms with Crippen LogP contribution in [0.2, 0.25) is 0 Å². The second-order valence-corrected chi connectivity index (χ2v) is 14.4. The smallest absolute Gasteiger partial charge is 0.166 e. The molecule has 0 amide bonds. The average Bonchev–Trinajstić information content (AvgIpc) is 2.89. The van der Waals surface area contributed by atoms with Crippen molar-refractivity contribution in [3.63, 3.8) is 0 Å². The summed E-state index contributed by atoms with van der Waals surface area (Å²) in [5.41, 5.74) is 4.27. The normalized spacial score (nSPS) is 18.9. The van der Waals surface area contributed by atoms with Crippen molar-refractivity contribution in [1.82, 2.24) is 0 Å². The predicted molar refractivity (Wildman–Crippen MR) is 165 cm³/mol. The molecule has 0 bridgehead atoms. The van der Waals surface area contributed by atoms with Crippen LogP contribution in [-0.2, 0) is 16.1 Å². The Kier molecular flexibility index (Phi) is 8.24. The summed E-state index contributed by atoms with van der Waals surface area (Å²) in [5.74, 6) is 0.712. The first-order valence-electron chi connectivity index (χ1n) is 14.8. The van der Waals surface area contributed by atoms with Crippen LogP contribution in [0.3, 0.4) is 0 Å². The number of rotatable bonds is 7. The molecule has 3 aromatic carbocycles. The summed E-state index contributed by atoms with van der Waals surface area (Å²) in [4.78, 5) is 0. The lowest BCUT2D eigenvalue weighted by atomic mass is 9.64. The van der Waals surface area contributed by atoms with E-state index < -0.39 is 17.0 Å². The molecule has 1 fully saturated rings. The molecule has 1 aliphatic carbocycles. The van der Waals surface area contributed by atoms with E-state index in [0.717, 1.165) is 17.4 Å². The monoisotopic (exact) mass is 528 g/mol. The first-order chi connectivity index (χ1) is 18.1. The molecular weight excluding hydrogens is 481 g/mol. The molecule has 0 heterocycles. The van der Waals surface area contributed by atoms with Crippen molar-refractivity contribution in [2.24, 2.45) is 17.8 Å². The minimum atomic E-state index is -0.772. The van der Waals surface area contributed by atoms with Gasteiger partial charge in [0, 0.05) is 16.5 Å². The lowest BCUT2D eigenvalue weighted by molar-refractivity contribution is 0.167. The SMILES string of the molecule is BC(C)(C)c1ccc(C(C)(C)c2ccc(-c3ccc(C(C)(C)C4CCC(C(C)C)CC4)cc3)c(F)c2F)cc1. The van der Waals surface area contributed by atoms with E-state index in [1.807, 2.05) is 38.1 Å². The Hall–Kier alpha value is -2.42. The molecule has 1 saturated carbocycles. The highest BCUT2D eigenvalue weighted by Gasteiger charge is 2.35. The summed E-state index contributed by atoms with van der Waals surface area (Å²) in [6.45, 7) is 17.6. The quantitative estimate of drug-likeness (QED) is 0.268. The van der Waals surface area contributed by atoms with Crippen molar-refractivity contribution in [2.75, 3.05) is 0 Å². The Balaban J connectivity index is 1.57. The van der Waals surface area contributed by atoms with E-state index in [0.29, 0.717) is 22.6 Å². The van der Waals surface area contributed by atoms with Crippen molar-refractivity contribution in [3.8, 4) is 11.1 Å². The maximum absolute atomic E-state index is 15.6. The molecule has 0 aromatic heterocycles. The Morgan fingerprint density at radius 3 is 1.69 bits per heavy atom. The first-order valence-corrected chi connectivity index (χ1v) is 14.8. The lowest BCUT2D eigenvalue weighted by Gasteiger charge is -2.41. The van der Waals surface area contributed by atoms with E-state index in [2.05, 4.69) is 73.7 Å². The fraction of sp³-hybridized carbons (Fsp3) is 0.500. The van der Waals surface area contributed by atoms with Gasteiger partial charge in [-0.25, -0.2) is 8.78 Å². The molecule has 0 unspecified atom stereocenters. The minimum Gasteiger partial charge on any atom is -0.203 e. The van der Waals surface area contributed by atoms with Crippen LogP contribution in [0.4, 0.5) is 8.78 Å². The third-order valence-corrected chi connectivity index (χ3v) is 9.90. The molecule has 3 heteroatoms. The molecule has 3 aromatic rings. The van der Waals surface area contributed by atoms with E-state index in [9.17, 15) is 0 Å². The predicted octanol–water partition coefficient (Wildman–Crippen LogP) is 9.57. The molecule has 0 nitrogen and oxygen atoms in total. The van der Waals surface area contributed by atoms with Gasteiger partial charge in [0.05, 0.1) is 0 Å². The lowest BCUT2D eigenvalue weighted by Crippen LogP contribution is -2.33. The molecule has 0 radical (unpaired) electrons. The van der Waals surface area contributed by atoms with Crippen LogP contribution in [0.25, 0.3) is 11.1 Å². The van der Waals surface area contributed by atoms with Crippen molar-refractivity contribution >= 4 is 7.85 Å². The Bertz CT molecular complexity index is 1270. The zero-order valence-electron chi connectivity index (χ0n) is 25.6. The summed E-state index contributed by atoms with van der Waals surface area (Å²) in [5, 5.41) is 0.0413. The van der Waals surface area contributed by atoms with Gasteiger partial charge in [0.15, 0.2) is 11.6 Å². The standard InChI is InChI=1S/C36H47BF2/c1-23(2)24-9-13-26(14-10-24)34(3,4)27-15-11-25(12-16-27)30-21-22-31(33(39)32(30)38)35(5,6)28-17-19-29(20-18-28)36(7,8)37/h11-12,15-24,26H,9-10,13-14,37H2,1-8H3. The van der Waals surface area contributed by atoms with Gasteiger partial charge in [-0.1, -0.05) is 122 Å². The van der Waals surface area contributed by atoms with Crippen LogP contribution >= 0.6 is 0 Å². The number of hydrogen-bond donors (Lipinski definition) is 0. The van der Waals surface area contributed by atoms with Crippen molar-refractivity contribution in [1.29, 1.82) is 0 Å². The third kappa shape index (κ3) is 5.89. The van der Waals surface area contributed by atoms with Crippen molar-refractivity contribution in [2.45, 2.75) is 97.2 Å². The van der Waals surface area contributed by atoms with Crippen LogP contribution in [0.5, 0.6) is 0 Å². The maximum Gasteiger partial charge on any atom is 0.166 e. The highest BCUT2D eigenvalue weighted by Crippen LogP contribution is 2.44. The van der Waals surface area contributed by atoms with E-state index >= 15 is 8.78 Å². The number of benzene rings is 3. The van der Waals surface area contributed by atoms with Gasteiger partial charge >= 0.3 is 0 Å². The molecule has 39 heavy (non-hydrogen) atoms. The van der Waals surface area contributed by atoms with Crippen LogP contribution in [-0.4, -0.2) is 7.85 Å². The zero-order valence-corrected chi connectivity index (χ0v) is 25.6. The fourth-order valence-corrected chi connectivity index (χ4v) is 6.62. The van der Waals surface area contributed by atoms with Gasteiger partial charge in [-0.15, -0.1) is 0 Å². The second kappa shape index (κ2) is 10.9. The molecule has 0 spiro atoms. The van der Waals surface area contributed by atoms with Gasteiger partial charge < -0.3 is 0 Å². The summed E-state index contributed by atoms with van der Waals surface area (Å²) in [6, 6.07) is 19.9. The molecule has 0 atom stereocenters. The van der Waals surface area contributed by atoms with E-state index in [4.69, 9.17) is 0 Å². The zero-order chi connectivity index (χ0) is 28.8. The van der Waals surface area contributed by atoms with Gasteiger partial charge in [-0.2, -0.15) is 0 Å². The minimum absolute atomic E-state index is 0.0413. The topological polar surface area (TPSA) is 0 Å². The van der Waals surface area contributed by atoms with E-state index in [-0.39, 0.29) is 10.7 Å². The number of hydrogen-bond acceptors (Lipinski definition) is 0. The maximum atomic E-state index is 15.6. The molecule has 4 rings (SSSR count). The van der Waals surface area contributed by atoms with Crippen LogP contribution < -0.4 is 0 Å². The van der Waals surface area contributed by atoms with Crippen molar-refractivity contribution in [3.05, 3.63) is 94.6 Å². The molecule has 0 aliphatic heterocycles. The largest absolute Gasteiger partial charge is 0.203 e. The molecular formula is C36H47BF2. The second-order valence-electron chi connectivity index (χ2n) is 14.4. The Morgan fingerprint density at radius 2 is 1.18 bits per heavy atom. The molecule has 0 saturated heterocycles. The fourth-order valence-electron chi connectivity index (χ4n) is 6.62. The summed E-state index contributed by atoms with van der Waals surface area (Å²) in [6.07, 6.45) is 5.12. The molecule has 208 valence electrons. The molecule has 0 N–H and O–H groups in total.